The summed E-state index contributed by atoms with van der Waals surface area (Å²) in [6, 6.07) is 9.41. The van der Waals surface area contributed by atoms with Gasteiger partial charge in [-0.15, -0.1) is 0 Å². The van der Waals surface area contributed by atoms with Crippen molar-refractivity contribution in [1.82, 2.24) is 14.3 Å². The van der Waals surface area contributed by atoms with Crippen molar-refractivity contribution in [2.24, 2.45) is 0 Å². The van der Waals surface area contributed by atoms with Crippen LogP contribution < -0.4 is 4.74 Å². The summed E-state index contributed by atoms with van der Waals surface area (Å²) in [6.45, 7) is 6.38. The van der Waals surface area contributed by atoms with E-state index in [0.717, 1.165) is 24.1 Å². The highest BCUT2D eigenvalue weighted by Gasteiger charge is 2.36. The van der Waals surface area contributed by atoms with Crippen LogP contribution >= 0.6 is 0 Å². The van der Waals surface area contributed by atoms with Crippen molar-refractivity contribution in [2.45, 2.75) is 58.1 Å². The molecule has 0 amide bonds. The van der Waals surface area contributed by atoms with Crippen LogP contribution in [0.1, 0.15) is 43.8 Å². The van der Waals surface area contributed by atoms with Crippen LogP contribution in [0.5, 0.6) is 5.75 Å². The van der Waals surface area contributed by atoms with Gasteiger partial charge in [-0.25, -0.2) is 18.4 Å². The summed E-state index contributed by atoms with van der Waals surface area (Å²) < 4.78 is 32.5. The van der Waals surface area contributed by atoms with Crippen LogP contribution in [-0.4, -0.2) is 34.0 Å². The van der Waals surface area contributed by atoms with Crippen LogP contribution in [0.3, 0.4) is 0 Å². The highest BCUT2D eigenvalue weighted by atomic mass is 32.2. The van der Waals surface area contributed by atoms with E-state index in [1.807, 2.05) is 44.2 Å². The minimum absolute atomic E-state index is 0.0330. The molecule has 0 radical (unpaired) electrons. The van der Waals surface area contributed by atoms with Crippen molar-refractivity contribution < 1.29 is 13.2 Å². The molecule has 6 nitrogen and oxygen atoms in total. The van der Waals surface area contributed by atoms with Crippen LogP contribution in [0.4, 0.5) is 0 Å². The van der Waals surface area contributed by atoms with E-state index in [1.54, 1.807) is 17.4 Å². The summed E-state index contributed by atoms with van der Waals surface area (Å²) in [6.07, 6.45) is 3.34. The predicted molar refractivity (Wildman–Crippen MR) is 100 cm³/mol. The van der Waals surface area contributed by atoms with Gasteiger partial charge >= 0.3 is 0 Å². The minimum Gasteiger partial charge on any atom is -0.486 e. The molecule has 2 aromatic rings. The first-order chi connectivity index (χ1) is 12.4. The van der Waals surface area contributed by atoms with Crippen LogP contribution in [0.15, 0.2) is 36.5 Å². The lowest BCUT2D eigenvalue weighted by Crippen LogP contribution is -2.46. The largest absolute Gasteiger partial charge is 0.486 e. The molecule has 1 aromatic heterocycles. The Morgan fingerprint density at radius 1 is 1.15 bits per heavy atom. The van der Waals surface area contributed by atoms with Gasteiger partial charge in [0.25, 0.3) is 0 Å². The summed E-state index contributed by atoms with van der Waals surface area (Å²) in [7, 11) is -3.22. The summed E-state index contributed by atoms with van der Waals surface area (Å²) in [4.78, 5) is 8.48. The summed E-state index contributed by atoms with van der Waals surface area (Å²) >= 11 is 0. The lowest BCUT2D eigenvalue weighted by Gasteiger charge is -2.36. The fraction of sp³-hybridized carbons (Fsp3) is 0.474. The lowest BCUT2D eigenvalue weighted by molar-refractivity contribution is 0.283. The van der Waals surface area contributed by atoms with Gasteiger partial charge in [0.05, 0.1) is 5.25 Å². The number of hydrogen-bond donors (Lipinski definition) is 0. The van der Waals surface area contributed by atoms with Gasteiger partial charge in [-0.05, 0) is 57.4 Å². The molecule has 0 N–H and O–H groups in total. The van der Waals surface area contributed by atoms with Crippen molar-refractivity contribution >= 4 is 10.0 Å². The molecule has 26 heavy (non-hydrogen) atoms. The number of rotatable bonds is 5. The van der Waals surface area contributed by atoms with E-state index in [1.165, 1.54) is 0 Å². The van der Waals surface area contributed by atoms with Crippen LogP contribution in [0.2, 0.25) is 0 Å². The maximum absolute atomic E-state index is 12.6. The number of benzene rings is 1. The zero-order valence-corrected chi connectivity index (χ0v) is 16.2. The Balaban J connectivity index is 1.64. The van der Waals surface area contributed by atoms with E-state index in [4.69, 9.17) is 4.74 Å². The Labute approximate surface area is 155 Å². The van der Waals surface area contributed by atoms with Crippen LogP contribution in [-0.2, 0) is 23.2 Å². The molecule has 2 atom stereocenters. The summed E-state index contributed by atoms with van der Waals surface area (Å²) in [5, 5.41) is -0.310. The van der Waals surface area contributed by atoms with Crippen LogP contribution in [0, 0.1) is 6.92 Å². The van der Waals surface area contributed by atoms with Gasteiger partial charge in [-0.3, -0.25) is 0 Å². The van der Waals surface area contributed by atoms with E-state index in [2.05, 4.69) is 9.97 Å². The van der Waals surface area contributed by atoms with Crippen molar-refractivity contribution in [3.05, 3.63) is 53.6 Å². The van der Waals surface area contributed by atoms with Crippen molar-refractivity contribution in [1.29, 1.82) is 0 Å². The highest BCUT2D eigenvalue weighted by molar-refractivity contribution is 7.89. The number of ether oxygens (including phenoxy) is 1. The van der Waals surface area contributed by atoms with E-state index < -0.39 is 10.0 Å². The fourth-order valence-electron chi connectivity index (χ4n) is 3.09. The molecule has 1 aliphatic heterocycles. The highest BCUT2D eigenvalue weighted by Crippen LogP contribution is 2.28. The number of hydrogen-bond acceptors (Lipinski definition) is 5. The van der Waals surface area contributed by atoms with Gasteiger partial charge < -0.3 is 4.74 Å². The molecule has 0 bridgehead atoms. The number of nitrogens with zero attached hydrogens (tertiary/aromatic N) is 3. The van der Waals surface area contributed by atoms with Gasteiger partial charge in [0.2, 0.25) is 10.0 Å². The monoisotopic (exact) mass is 375 g/mol. The molecular formula is C19H25N3O3S. The fourth-order valence-corrected chi connectivity index (χ4v) is 4.92. The molecule has 1 unspecified atom stereocenters. The maximum Gasteiger partial charge on any atom is 0.217 e. The molecule has 1 saturated heterocycles. The number of aromatic nitrogens is 2. The Hall–Kier alpha value is -1.99. The van der Waals surface area contributed by atoms with Crippen molar-refractivity contribution in [3.8, 4) is 5.75 Å². The van der Waals surface area contributed by atoms with E-state index >= 15 is 0 Å². The van der Waals surface area contributed by atoms with E-state index in [9.17, 15) is 8.42 Å². The lowest BCUT2D eigenvalue weighted by atomic mass is 10.1. The van der Waals surface area contributed by atoms with Crippen LogP contribution in [0.25, 0.3) is 0 Å². The molecule has 140 valence electrons. The molecule has 0 aliphatic carbocycles. The van der Waals surface area contributed by atoms with Crippen molar-refractivity contribution in [2.75, 3.05) is 0 Å². The third-order valence-electron chi connectivity index (χ3n) is 4.79. The second-order valence-corrected chi connectivity index (χ2v) is 9.18. The first-order valence-corrected chi connectivity index (χ1v) is 10.4. The van der Waals surface area contributed by atoms with Crippen molar-refractivity contribution in [3.63, 3.8) is 0 Å². The normalized spacial score (nSPS) is 22.9. The van der Waals surface area contributed by atoms with Gasteiger partial charge in [0.15, 0.2) is 5.82 Å². The predicted octanol–water partition coefficient (Wildman–Crippen LogP) is 3.07. The second-order valence-electron chi connectivity index (χ2n) is 6.87. The van der Waals surface area contributed by atoms with Gasteiger partial charge in [-0.2, -0.15) is 4.31 Å². The third kappa shape index (κ3) is 4.22. The van der Waals surface area contributed by atoms with Gasteiger partial charge in [0, 0.05) is 24.5 Å². The van der Waals surface area contributed by atoms with Gasteiger partial charge in [-0.1, -0.05) is 12.1 Å². The quantitative estimate of drug-likeness (QED) is 0.803. The maximum atomic E-state index is 12.6. The Morgan fingerprint density at radius 3 is 2.58 bits per heavy atom. The summed E-state index contributed by atoms with van der Waals surface area (Å²) in [5.41, 5.74) is 1.86. The Bertz CT molecular complexity index is 853. The molecule has 1 fully saturated rings. The Morgan fingerprint density at radius 2 is 1.88 bits per heavy atom. The molecule has 7 heteroatoms. The van der Waals surface area contributed by atoms with E-state index in [0.29, 0.717) is 24.7 Å². The molecule has 3 rings (SSSR count). The van der Waals surface area contributed by atoms with Gasteiger partial charge in [0.1, 0.15) is 12.4 Å². The zero-order chi connectivity index (χ0) is 18.7. The standard InChI is InChI=1S/C19H25N3O3S/c1-14-10-11-20-19(21-14)13-25-18-8-6-17(7-9-18)12-22-15(2)4-5-16(3)26(22,23)24/h6-11,15-16H,4-5,12-13H2,1-3H3/t15-,16?/m0/s1. The average molecular weight is 375 g/mol. The molecule has 1 aromatic carbocycles. The Kier molecular flexibility index (Phi) is 5.58. The third-order valence-corrected chi connectivity index (χ3v) is 7.19. The van der Waals surface area contributed by atoms with E-state index in [-0.39, 0.29) is 11.3 Å². The second kappa shape index (κ2) is 7.72. The smallest absolute Gasteiger partial charge is 0.217 e. The average Bonchev–Trinajstić information content (AvgIpc) is 2.62. The molecule has 0 spiro atoms. The molecule has 0 saturated carbocycles. The first kappa shape index (κ1) is 18.8. The molecule has 1 aliphatic rings. The SMILES string of the molecule is Cc1ccnc(COc2ccc(CN3[C@@H](C)CCC(C)S3(=O)=O)cc2)n1. The molecular weight excluding hydrogens is 350 g/mol. The number of aryl methyl sites for hydroxylation is 1. The minimum atomic E-state index is -3.22. The number of sulfonamides is 1. The zero-order valence-electron chi connectivity index (χ0n) is 15.4. The molecule has 2 heterocycles. The first-order valence-electron chi connectivity index (χ1n) is 8.87. The summed E-state index contributed by atoms with van der Waals surface area (Å²) in [5.74, 6) is 1.35. The topological polar surface area (TPSA) is 72.4 Å².